The van der Waals surface area contributed by atoms with Crippen molar-refractivity contribution >= 4 is 28.9 Å². The number of hydrogen-bond donors (Lipinski definition) is 2. The zero-order valence-corrected chi connectivity index (χ0v) is 22.7. The summed E-state index contributed by atoms with van der Waals surface area (Å²) in [6.45, 7) is -0.00660. The number of ether oxygens (including phenoxy) is 4. The summed E-state index contributed by atoms with van der Waals surface area (Å²) in [5, 5.41) is 12.7. The molecule has 0 saturated carbocycles. The smallest absolute Gasteiger partial charge is 0.420 e. The van der Waals surface area contributed by atoms with Crippen LogP contribution >= 0.6 is 11.6 Å². The van der Waals surface area contributed by atoms with Gasteiger partial charge in [0, 0.05) is 46.7 Å². The normalized spacial score (nSPS) is 13.4. The summed E-state index contributed by atoms with van der Waals surface area (Å²) in [5.74, 6) is 0.280. The fourth-order valence-electron chi connectivity index (χ4n) is 4.57. The molecule has 1 aliphatic rings. The third-order valence-corrected chi connectivity index (χ3v) is 6.64. The largest absolute Gasteiger partial charge is 0.497 e. The minimum Gasteiger partial charge on any atom is -0.497 e. The summed E-state index contributed by atoms with van der Waals surface area (Å²) >= 11 is 6.16. The molecule has 1 heterocycles. The first kappa shape index (κ1) is 29.2. The van der Waals surface area contributed by atoms with Crippen LogP contribution in [0, 0.1) is 0 Å². The van der Waals surface area contributed by atoms with E-state index in [-0.39, 0.29) is 31.2 Å². The number of alkyl halides is 3. The van der Waals surface area contributed by atoms with Crippen molar-refractivity contribution < 1.29 is 42.0 Å². The fourth-order valence-corrected chi connectivity index (χ4v) is 4.73. The molecule has 3 aromatic carbocycles. The van der Waals surface area contributed by atoms with Gasteiger partial charge in [0.05, 0.1) is 33.5 Å². The van der Waals surface area contributed by atoms with Crippen LogP contribution in [0.15, 0.2) is 48.5 Å². The number of methoxy groups -OCH3 is 3. The maximum Gasteiger partial charge on any atom is 0.420 e. The molecule has 0 fully saturated rings. The van der Waals surface area contributed by atoms with E-state index in [0.717, 1.165) is 6.07 Å². The molecule has 4 rings (SSSR count). The number of nitrogens with one attached hydrogen (secondary N) is 1. The van der Waals surface area contributed by atoms with E-state index in [1.54, 1.807) is 36.4 Å². The molecule has 8 nitrogen and oxygen atoms in total. The number of halogens is 4. The number of hydrogen-bond acceptors (Lipinski definition) is 7. The topological polar surface area (TPSA) is 89.5 Å². The van der Waals surface area contributed by atoms with Crippen LogP contribution in [0.5, 0.6) is 23.0 Å². The SMILES string of the molecule is COc1cc(N[C@@H](C(=O)N2CCc3cc(OC)c(C(F)(F)F)cc32)c2ccc(Cl)cc2OC)cc(OCCO)c1. The lowest BCUT2D eigenvalue weighted by Crippen LogP contribution is -2.37. The Bertz CT molecular complexity index is 1380. The molecule has 214 valence electrons. The summed E-state index contributed by atoms with van der Waals surface area (Å²) in [6.07, 6.45) is -4.33. The molecule has 0 aliphatic carbocycles. The van der Waals surface area contributed by atoms with Crippen molar-refractivity contribution in [3.63, 3.8) is 0 Å². The van der Waals surface area contributed by atoms with Crippen LogP contribution in [0.3, 0.4) is 0 Å². The number of carbonyl (C=O) groups is 1. The zero-order valence-electron chi connectivity index (χ0n) is 22.0. The Labute approximate surface area is 234 Å². The van der Waals surface area contributed by atoms with Crippen LogP contribution in [0.2, 0.25) is 5.02 Å². The summed E-state index contributed by atoms with van der Waals surface area (Å²) in [5.41, 5.74) is 0.570. The maximum absolute atomic E-state index is 14.2. The molecule has 1 atom stereocenters. The molecule has 0 unspecified atom stereocenters. The van der Waals surface area contributed by atoms with Gasteiger partial charge in [0.25, 0.3) is 5.91 Å². The highest BCUT2D eigenvalue weighted by molar-refractivity contribution is 6.30. The van der Waals surface area contributed by atoms with Gasteiger partial charge in [-0.2, -0.15) is 13.2 Å². The maximum atomic E-state index is 14.2. The van der Waals surface area contributed by atoms with Crippen LogP contribution in [0.1, 0.15) is 22.7 Å². The molecular formula is C28H28ClF3N2O6. The van der Waals surface area contributed by atoms with Gasteiger partial charge in [0.15, 0.2) is 0 Å². The lowest BCUT2D eigenvalue weighted by atomic mass is 10.0. The number of aliphatic hydroxyl groups excluding tert-OH is 1. The van der Waals surface area contributed by atoms with Gasteiger partial charge in [0.1, 0.15) is 35.6 Å². The van der Waals surface area contributed by atoms with Gasteiger partial charge in [-0.1, -0.05) is 17.7 Å². The van der Waals surface area contributed by atoms with E-state index < -0.39 is 23.7 Å². The predicted molar refractivity (Wildman–Crippen MR) is 144 cm³/mol. The molecule has 2 N–H and O–H groups in total. The Kier molecular flexibility index (Phi) is 8.85. The van der Waals surface area contributed by atoms with E-state index in [1.165, 1.54) is 32.3 Å². The number of anilines is 2. The first-order chi connectivity index (χ1) is 19.1. The van der Waals surface area contributed by atoms with Crippen LogP contribution in [0.25, 0.3) is 0 Å². The zero-order chi connectivity index (χ0) is 29.0. The molecule has 40 heavy (non-hydrogen) atoms. The van der Waals surface area contributed by atoms with Gasteiger partial charge >= 0.3 is 6.18 Å². The van der Waals surface area contributed by atoms with E-state index in [9.17, 15) is 18.0 Å². The second-order valence-corrected chi connectivity index (χ2v) is 9.29. The second kappa shape index (κ2) is 12.1. The van der Waals surface area contributed by atoms with Crippen LogP contribution in [-0.2, 0) is 17.4 Å². The number of aliphatic hydroxyl groups is 1. The van der Waals surface area contributed by atoms with Crippen molar-refractivity contribution in [3.8, 4) is 23.0 Å². The first-order valence-corrected chi connectivity index (χ1v) is 12.6. The Morgan fingerprint density at radius 2 is 1.75 bits per heavy atom. The van der Waals surface area contributed by atoms with Gasteiger partial charge in [0.2, 0.25) is 0 Å². The van der Waals surface area contributed by atoms with Gasteiger partial charge in [-0.3, -0.25) is 4.79 Å². The Morgan fingerprint density at radius 3 is 2.40 bits per heavy atom. The summed E-state index contributed by atoms with van der Waals surface area (Å²) in [4.78, 5) is 15.5. The summed E-state index contributed by atoms with van der Waals surface area (Å²) < 4.78 is 62.8. The van der Waals surface area contributed by atoms with Crippen LogP contribution in [-0.4, -0.2) is 52.1 Å². The Balaban J connectivity index is 1.80. The quantitative estimate of drug-likeness (QED) is 0.327. The standard InChI is InChI=1S/C28H28ClF3N2O6/c1-37-19-12-18(13-20(14-19)40-9-8-35)33-26(21-5-4-17(29)11-24(21)38-2)27(36)34-7-6-16-10-25(39-3)22(15-23(16)34)28(30,31)32/h4-5,10-15,26,33,35H,6-9H2,1-3H3/t26-/m1/s1. The molecule has 0 radical (unpaired) electrons. The first-order valence-electron chi connectivity index (χ1n) is 12.2. The number of fused-ring (bicyclic) bond motifs is 1. The number of rotatable bonds is 10. The number of benzene rings is 3. The van der Waals surface area contributed by atoms with Crippen molar-refractivity contribution in [1.82, 2.24) is 0 Å². The van der Waals surface area contributed by atoms with Gasteiger partial charge < -0.3 is 34.3 Å². The second-order valence-electron chi connectivity index (χ2n) is 8.85. The molecule has 0 saturated heterocycles. The average Bonchev–Trinajstić information content (AvgIpc) is 3.36. The molecule has 1 amide bonds. The third kappa shape index (κ3) is 6.15. The van der Waals surface area contributed by atoms with E-state index in [0.29, 0.717) is 45.5 Å². The van der Waals surface area contributed by atoms with E-state index in [2.05, 4.69) is 5.32 Å². The minimum atomic E-state index is -4.68. The molecule has 0 spiro atoms. The fraction of sp³-hybridized carbons (Fsp3) is 0.321. The van der Waals surface area contributed by atoms with E-state index >= 15 is 0 Å². The molecule has 12 heteroatoms. The number of carbonyl (C=O) groups excluding carboxylic acids is 1. The predicted octanol–water partition coefficient (Wildman–Crippen LogP) is 5.50. The number of amides is 1. The molecule has 0 bridgehead atoms. The minimum absolute atomic E-state index is 0.0372. The van der Waals surface area contributed by atoms with Crippen molar-refractivity contribution in [3.05, 3.63) is 70.2 Å². The van der Waals surface area contributed by atoms with Gasteiger partial charge in [-0.25, -0.2) is 0 Å². The van der Waals surface area contributed by atoms with Crippen molar-refractivity contribution in [2.24, 2.45) is 0 Å². The van der Waals surface area contributed by atoms with Crippen molar-refractivity contribution in [2.75, 3.05) is 51.3 Å². The molecule has 1 aliphatic heterocycles. The highest BCUT2D eigenvalue weighted by atomic mass is 35.5. The van der Waals surface area contributed by atoms with Gasteiger partial charge in [-0.15, -0.1) is 0 Å². The number of nitrogens with zero attached hydrogens (tertiary/aromatic N) is 1. The third-order valence-electron chi connectivity index (χ3n) is 6.41. The van der Waals surface area contributed by atoms with E-state index in [4.69, 9.17) is 35.7 Å². The van der Waals surface area contributed by atoms with Crippen LogP contribution in [0.4, 0.5) is 24.5 Å². The van der Waals surface area contributed by atoms with E-state index in [1.807, 2.05) is 0 Å². The lowest BCUT2D eigenvalue weighted by Gasteiger charge is -2.28. The highest BCUT2D eigenvalue weighted by Gasteiger charge is 2.39. The lowest BCUT2D eigenvalue weighted by molar-refractivity contribution is -0.138. The summed E-state index contributed by atoms with van der Waals surface area (Å²) in [6, 6.07) is 10.8. The summed E-state index contributed by atoms with van der Waals surface area (Å²) in [7, 11) is 4.07. The Hall–Kier alpha value is -3.83. The van der Waals surface area contributed by atoms with Crippen LogP contribution < -0.4 is 29.2 Å². The average molecular weight is 581 g/mol. The monoisotopic (exact) mass is 580 g/mol. The molecule has 3 aromatic rings. The molecular weight excluding hydrogens is 553 g/mol. The Morgan fingerprint density at radius 1 is 1.02 bits per heavy atom. The van der Waals surface area contributed by atoms with Gasteiger partial charge in [-0.05, 0) is 36.2 Å². The molecule has 0 aromatic heterocycles. The van der Waals surface area contributed by atoms with Crippen molar-refractivity contribution in [1.29, 1.82) is 0 Å². The van der Waals surface area contributed by atoms with Crippen molar-refractivity contribution in [2.45, 2.75) is 18.6 Å². The highest BCUT2D eigenvalue weighted by Crippen LogP contribution is 2.43.